The normalized spacial score (nSPS) is 20.8. The van der Waals surface area contributed by atoms with Gasteiger partial charge in [-0.25, -0.2) is 0 Å². The highest BCUT2D eigenvalue weighted by atomic mass is 16.5. The second-order valence-corrected chi connectivity index (χ2v) is 5.05. The van der Waals surface area contributed by atoms with Crippen LogP contribution in [0.1, 0.15) is 24.8 Å². The third-order valence-corrected chi connectivity index (χ3v) is 3.43. The number of nitrogens with two attached hydrogens (primary N) is 1. The largest absolute Gasteiger partial charge is 0.379 e. The molecule has 0 aliphatic carbocycles. The predicted octanol–water partition coefficient (Wildman–Crippen LogP) is 1.24. The summed E-state index contributed by atoms with van der Waals surface area (Å²) in [7, 11) is 0. The molecule has 1 amide bonds. The Morgan fingerprint density at radius 3 is 2.89 bits per heavy atom. The van der Waals surface area contributed by atoms with Crippen molar-refractivity contribution < 1.29 is 9.53 Å². The smallest absolute Gasteiger partial charge is 0.237 e. The SMILES string of the molecule is N[C@@H](CCc1ccccc1)C(=O)NC1CCCOC1. The Kier molecular flexibility index (Phi) is 5.36. The molecule has 4 nitrogen and oxygen atoms in total. The third kappa shape index (κ3) is 4.65. The number of hydrogen-bond donors (Lipinski definition) is 2. The van der Waals surface area contributed by atoms with Crippen LogP contribution in [0.3, 0.4) is 0 Å². The van der Waals surface area contributed by atoms with Gasteiger partial charge in [-0.1, -0.05) is 30.3 Å². The summed E-state index contributed by atoms with van der Waals surface area (Å²) in [5.74, 6) is -0.0635. The number of hydrogen-bond acceptors (Lipinski definition) is 3. The maximum Gasteiger partial charge on any atom is 0.237 e. The summed E-state index contributed by atoms with van der Waals surface area (Å²) < 4.78 is 5.34. The Labute approximate surface area is 114 Å². The van der Waals surface area contributed by atoms with E-state index >= 15 is 0 Å². The molecule has 1 aromatic rings. The van der Waals surface area contributed by atoms with Gasteiger partial charge in [0.1, 0.15) is 0 Å². The van der Waals surface area contributed by atoms with Crippen molar-refractivity contribution in [3.05, 3.63) is 35.9 Å². The van der Waals surface area contributed by atoms with Crippen LogP contribution in [0.15, 0.2) is 30.3 Å². The van der Waals surface area contributed by atoms with Crippen molar-refractivity contribution in [2.45, 2.75) is 37.8 Å². The molecule has 0 spiro atoms. The summed E-state index contributed by atoms with van der Waals surface area (Å²) in [6, 6.07) is 9.78. The van der Waals surface area contributed by atoms with Crippen LogP contribution in [0.4, 0.5) is 0 Å². The molecule has 19 heavy (non-hydrogen) atoms. The average molecular weight is 262 g/mol. The monoisotopic (exact) mass is 262 g/mol. The van der Waals surface area contributed by atoms with Crippen molar-refractivity contribution in [3.63, 3.8) is 0 Å². The Morgan fingerprint density at radius 2 is 2.21 bits per heavy atom. The topological polar surface area (TPSA) is 64.4 Å². The molecule has 0 saturated carbocycles. The molecule has 2 atom stereocenters. The molecule has 1 fully saturated rings. The first-order valence-electron chi connectivity index (χ1n) is 6.93. The van der Waals surface area contributed by atoms with Gasteiger partial charge in [-0.05, 0) is 31.2 Å². The van der Waals surface area contributed by atoms with Crippen LogP contribution in [0, 0.1) is 0 Å². The quantitative estimate of drug-likeness (QED) is 0.839. The fourth-order valence-electron chi connectivity index (χ4n) is 2.26. The Morgan fingerprint density at radius 1 is 1.42 bits per heavy atom. The third-order valence-electron chi connectivity index (χ3n) is 3.43. The summed E-state index contributed by atoms with van der Waals surface area (Å²) in [4.78, 5) is 11.9. The molecular weight excluding hydrogens is 240 g/mol. The number of benzene rings is 1. The first-order chi connectivity index (χ1) is 9.25. The number of aryl methyl sites for hydroxylation is 1. The summed E-state index contributed by atoms with van der Waals surface area (Å²) in [6.45, 7) is 1.41. The zero-order chi connectivity index (χ0) is 13.5. The van der Waals surface area contributed by atoms with E-state index in [4.69, 9.17) is 10.5 Å². The van der Waals surface area contributed by atoms with E-state index in [2.05, 4.69) is 17.4 Å². The summed E-state index contributed by atoms with van der Waals surface area (Å²) in [5.41, 5.74) is 7.14. The standard InChI is InChI=1S/C15H22N2O2/c16-14(9-8-12-5-2-1-3-6-12)15(18)17-13-7-4-10-19-11-13/h1-3,5-6,13-14H,4,7-11,16H2,(H,17,18)/t13?,14-/m0/s1. The Hall–Kier alpha value is -1.39. The summed E-state index contributed by atoms with van der Waals surface area (Å²) in [6.07, 6.45) is 3.49. The van der Waals surface area contributed by atoms with E-state index in [9.17, 15) is 4.79 Å². The molecule has 3 N–H and O–H groups in total. The van der Waals surface area contributed by atoms with Gasteiger partial charge >= 0.3 is 0 Å². The zero-order valence-electron chi connectivity index (χ0n) is 11.2. The molecule has 104 valence electrons. The van der Waals surface area contributed by atoms with E-state index in [-0.39, 0.29) is 11.9 Å². The minimum absolute atomic E-state index is 0.0635. The van der Waals surface area contributed by atoms with Crippen LogP contribution in [0.5, 0.6) is 0 Å². The molecule has 1 saturated heterocycles. The maximum absolute atomic E-state index is 11.9. The van der Waals surface area contributed by atoms with Crippen molar-refractivity contribution in [3.8, 4) is 0 Å². The van der Waals surface area contributed by atoms with Gasteiger partial charge in [0.15, 0.2) is 0 Å². The lowest BCUT2D eigenvalue weighted by Gasteiger charge is -2.24. The number of nitrogens with one attached hydrogen (secondary N) is 1. The van der Waals surface area contributed by atoms with Crippen LogP contribution in [-0.4, -0.2) is 31.2 Å². The van der Waals surface area contributed by atoms with Gasteiger partial charge < -0.3 is 15.8 Å². The summed E-state index contributed by atoms with van der Waals surface area (Å²) in [5, 5.41) is 2.97. The van der Waals surface area contributed by atoms with Gasteiger partial charge in [0.25, 0.3) is 0 Å². The van der Waals surface area contributed by atoms with Crippen molar-refractivity contribution in [1.29, 1.82) is 0 Å². The Balaban J connectivity index is 1.72. The molecule has 1 aromatic carbocycles. The Bertz CT molecular complexity index is 388. The molecule has 0 radical (unpaired) electrons. The van der Waals surface area contributed by atoms with E-state index in [1.54, 1.807) is 0 Å². The lowest BCUT2D eigenvalue weighted by Crippen LogP contribution is -2.48. The van der Waals surface area contributed by atoms with E-state index in [1.807, 2.05) is 18.2 Å². The second-order valence-electron chi connectivity index (χ2n) is 5.05. The molecule has 0 aromatic heterocycles. The average Bonchev–Trinajstić information content (AvgIpc) is 2.47. The van der Waals surface area contributed by atoms with Crippen molar-refractivity contribution in [2.24, 2.45) is 5.73 Å². The number of rotatable bonds is 5. The van der Waals surface area contributed by atoms with Crippen LogP contribution in [0.2, 0.25) is 0 Å². The molecule has 2 rings (SSSR count). The van der Waals surface area contributed by atoms with Crippen LogP contribution >= 0.6 is 0 Å². The van der Waals surface area contributed by atoms with E-state index in [1.165, 1.54) is 5.56 Å². The molecule has 1 aliphatic heterocycles. The highest BCUT2D eigenvalue weighted by Gasteiger charge is 2.20. The molecule has 0 bridgehead atoms. The second kappa shape index (κ2) is 7.26. The fraction of sp³-hybridized carbons (Fsp3) is 0.533. The maximum atomic E-state index is 11.9. The number of carbonyl (C=O) groups is 1. The van der Waals surface area contributed by atoms with Crippen molar-refractivity contribution >= 4 is 5.91 Å². The molecule has 1 heterocycles. The highest BCUT2D eigenvalue weighted by molar-refractivity contribution is 5.81. The lowest BCUT2D eigenvalue weighted by molar-refractivity contribution is -0.124. The fourth-order valence-corrected chi connectivity index (χ4v) is 2.26. The van der Waals surface area contributed by atoms with E-state index < -0.39 is 6.04 Å². The van der Waals surface area contributed by atoms with E-state index in [0.717, 1.165) is 25.9 Å². The molecular formula is C15H22N2O2. The van der Waals surface area contributed by atoms with Crippen LogP contribution in [0.25, 0.3) is 0 Å². The summed E-state index contributed by atoms with van der Waals surface area (Å²) >= 11 is 0. The number of carbonyl (C=O) groups excluding carboxylic acids is 1. The lowest BCUT2D eigenvalue weighted by atomic mass is 10.0. The van der Waals surface area contributed by atoms with Gasteiger partial charge in [0, 0.05) is 6.61 Å². The number of ether oxygens (including phenoxy) is 1. The van der Waals surface area contributed by atoms with Gasteiger partial charge in [0.05, 0.1) is 18.7 Å². The molecule has 1 aliphatic rings. The molecule has 1 unspecified atom stereocenters. The van der Waals surface area contributed by atoms with Crippen molar-refractivity contribution in [1.82, 2.24) is 5.32 Å². The predicted molar refractivity (Wildman–Crippen MR) is 74.7 cm³/mol. The van der Waals surface area contributed by atoms with Crippen molar-refractivity contribution in [2.75, 3.05) is 13.2 Å². The zero-order valence-corrected chi connectivity index (χ0v) is 11.2. The van der Waals surface area contributed by atoms with Gasteiger partial charge in [-0.3, -0.25) is 4.79 Å². The van der Waals surface area contributed by atoms with Gasteiger partial charge in [-0.2, -0.15) is 0 Å². The van der Waals surface area contributed by atoms with Gasteiger partial charge in [0.2, 0.25) is 5.91 Å². The first kappa shape index (κ1) is 14.0. The number of amides is 1. The van der Waals surface area contributed by atoms with Crippen LogP contribution in [-0.2, 0) is 16.0 Å². The van der Waals surface area contributed by atoms with E-state index in [0.29, 0.717) is 13.0 Å². The minimum Gasteiger partial charge on any atom is -0.379 e. The minimum atomic E-state index is -0.442. The first-order valence-corrected chi connectivity index (χ1v) is 6.93. The van der Waals surface area contributed by atoms with Gasteiger partial charge in [-0.15, -0.1) is 0 Å². The molecule has 4 heteroatoms. The highest BCUT2D eigenvalue weighted by Crippen LogP contribution is 2.07. The van der Waals surface area contributed by atoms with Crippen LogP contribution < -0.4 is 11.1 Å².